The van der Waals surface area contributed by atoms with Gasteiger partial charge in [0.2, 0.25) is 0 Å². The van der Waals surface area contributed by atoms with E-state index in [0.29, 0.717) is 12.1 Å². The topological polar surface area (TPSA) is 29.5 Å². The van der Waals surface area contributed by atoms with E-state index in [1.807, 2.05) is 18.4 Å². The summed E-state index contributed by atoms with van der Waals surface area (Å²) in [6.45, 7) is 0.337. The van der Waals surface area contributed by atoms with Gasteiger partial charge < -0.3 is 9.64 Å². The molecule has 5 heteroatoms. The van der Waals surface area contributed by atoms with Crippen molar-refractivity contribution in [2.75, 3.05) is 20.4 Å². The molecule has 2 rings (SSSR count). The molecular weight excluding hydrogens is 301 g/mol. The molecule has 0 atom stereocenters. The standard InChI is InChI=1S/C17H18FNO2S/c1-19(11-12-4-9-16(21-2)15(18)10-12)17(20)13-5-7-14(22-3)8-6-13/h4-10H,11H2,1-3H3. The smallest absolute Gasteiger partial charge is 0.253 e. The van der Waals surface area contributed by atoms with Gasteiger partial charge in [-0.3, -0.25) is 4.79 Å². The average molecular weight is 319 g/mol. The van der Waals surface area contributed by atoms with E-state index in [2.05, 4.69) is 0 Å². The van der Waals surface area contributed by atoms with Crippen LogP contribution in [0, 0.1) is 5.82 Å². The zero-order valence-electron chi connectivity index (χ0n) is 12.8. The summed E-state index contributed by atoms with van der Waals surface area (Å²) in [5.41, 5.74) is 1.34. The number of thioether (sulfide) groups is 1. The lowest BCUT2D eigenvalue weighted by molar-refractivity contribution is 0.0785. The minimum atomic E-state index is -0.426. The lowest BCUT2D eigenvalue weighted by Crippen LogP contribution is -2.26. The van der Waals surface area contributed by atoms with E-state index in [1.165, 1.54) is 13.2 Å². The number of methoxy groups -OCH3 is 1. The number of hydrogen-bond donors (Lipinski definition) is 0. The van der Waals surface area contributed by atoms with Gasteiger partial charge in [-0.2, -0.15) is 0 Å². The zero-order valence-corrected chi connectivity index (χ0v) is 13.6. The van der Waals surface area contributed by atoms with E-state index in [4.69, 9.17) is 4.74 Å². The van der Waals surface area contributed by atoms with Crippen LogP contribution in [0.15, 0.2) is 47.4 Å². The molecule has 0 heterocycles. The third-order valence-electron chi connectivity index (χ3n) is 3.32. The van der Waals surface area contributed by atoms with Crippen LogP contribution in [0.25, 0.3) is 0 Å². The van der Waals surface area contributed by atoms with Gasteiger partial charge in [-0.25, -0.2) is 4.39 Å². The molecule has 3 nitrogen and oxygen atoms in total. The van der Waals surface area contributed by atoms with E-state index >= 15 is 0 Å². The van der Waals surface area contributed by atoms with Crippen LogP contribution in [0.2, 0.25) is 0 Å². The van der Waals surface area contributed by atoms with Crippen molar-refractivity contribution in [2.45, 2.75) is 11.4 Å². The molecule has 116 valence electrons. The third kappa shape index (κ3) is 3.80. The number of benzene rings is 2. The summed E-state index contributed by atoms with van der Waals surface area (Å²) in [5.74, 6) is -0.320. The van der Waals surface area contributed by atoms with Gasteiger partial charge in [-0.05, 0) is 48.2 Å². The first-order valence-corrected chi connectivity index (χ1v) is 7.99. The predicted molar refractivity (Wildman–Crippen MR) is 87.0 cm³/mol. The van der Waals surface area contributed by atoms with Crippen molar-refractivity contribution >= 4 is 17.7 Å². The number of carbonyl (C=O) groups is 1. The quantitative estimate of drug-likeness (QED) is 0.785. The first kappa shape index (κ1) is 16.4. The molecule has 2 aromatic carbocycles. The van der Waals surface area contributed by atoms with E-state index in [9.17, 15) is 9.18 Å². The molecule has 22 heavy (non-hydrogen) atoms. The molecule has 0 aliphatic carbocycles. The Morgan fingerprint density at radius 2 is 1.91 bits per heavy atom. The third-order valence-corrected chi connectivity index (χ3v) is 4.06. The maximum atomic E-state index is 13.7. The molecule has 2 aromatic rings. The average Bonchev–Trinajstić information content (AvgIpc) is 2.54. The van der Waals surface area contributed by atoms with Crippen LogP contribution in [0.4, 0.5) is 4.39 Å². The summed E-state index contributed by atoms with van der Waals surface area (Å²) >= 11 is 1.63. The fourth-order valence-corrected chi connectivity index (χ4v) is 2.52. The Morgan fingerprint density at radius 3 is 2.45 bits per heavy atom. The normalized spacial score (nSPS) is 10.4. The molecule has 0 aromatic heterocycles. The van der Waals surface area contributed by atoms with Gasteiger partial charge in [0, 0.05) is 24.1 Å². The van der Waals surface area contributed by atoms with E-state index < -0.39 is 5.82 Å². The number of ether oxygens (including phenoxy) is 1. The molecule has 1 amide bonds. The monoisotopic (exact) mass is 319 g/mol. The molecule has 0 aliphatic rings. The second kappa shape index (κ2) is 7.31. The Kier molecular flexibility index (Phi) is 5.44. The second-order valence-electron chi connectivity index (χ2n) is 4.86. The number of amides is 1. The molecule has 0 aliphatic heterocycles. The lowest BCUT2D eigenvalue weighted by Gasteiger charge is -2.18. The molecule has 0 bridgehead atoms. The van der Waals surface area contributed by atoms with Gasteiger partial charge in [0.05, 0.1) is 7.11 Å². The van der Waals surface area contributed by atoms with Gasteiger partial charge >= 0.3 is 0 Å². The van der Waals surface area contributed by atoms with E-state index in [0.717, 1.165) is 10.5 Å². The first-order chi connectivity index (χ1) is 10.5. The molecule has 0 saturated heterocycles. The number of carbonyl (C=O) groups excluding carboxylic acids is 1. The van der Waals surface area contributed by atoms with Crippen LogP contribution in [-0.4, -0.2) is 31.2 Å². The summed E-state index contributed by atoms with van der Waals surface area (Å²) in [4.78, 5) is 15.0. The zero-order chi connectivity index (χ0) is 16.1. The molecule has 0 spiro atoms. The van der Waals surface area contributed by atoms with Gasteiger partial charge in [-0.1, -0.05) is 6.07 Å². The highest BCUT2D eigenvalue weighted by Gasteiger charge is 2.13. The van der Waals surface area contributed by atoms with Crippen LogP contribution in [0.3, 0.4) is 0 Å². The maximum Gasteiger partial charge on any atom is 0.253 e. The molecular formula is C17H18FNO2S. The molecule has 0 unspecified atom stereocenters. The van der Waals surface area contributed by atoms with Crippen molar-refractivity contribution in [2.24, 2.45) is 0 Å². The fourth-order valence-electron chi connectivity index (χ4n) is 2.11. The highest BCUT2D eigenvalue weighted by Crippen LogP contribution is 2.19. The Balaban J connectivity index is 2.08. The molecule has 0 radical (unpaired) electrons. The Hall–Kier alpha value is -2.01. The number of rotatable bonds is 5. The van der Waals surface area contributed by atoms with Crippen molar-refractivity contribution in [3.05, 3.63) is 59.4 Å². The van der Waals surface area contributed by atoms with E-state index in [1.54, 1.807) is 48.0 Å². The fraction of sp³-hybridized carbons (Fsp3) is 0.235. The minimum Gasteiger partial charge on any atom is -0.494 e. The van der Waals surface area contributed by atoms with E-state index in [-0.39, 0.29) is 11.7 Å². The van der Waals surface area contributed by atoms with Gasteiger partial charge in [0.1, 0.15) is 0 Å². The van der Waals surface area contributed by atoms with Crippen molar-refractivity contribution in [1.82, 2.24) is 4.90 Å². The van der Waals surface area contributed by atoms with Crippen LogP contribution >= 0.6 is 11.8 Å². The van der Waals surface area contributed by atoms with Crippen LogP contribution in [0.1, 0.15) is 15.9 Å². The summed E-state index contributed by atoms with van der Waals surface area (Å²) in [6.07, 6.45) is 1.99. The van der Waals surface area contributed by atoms with Gasteiger partial charge in [0.15, 0.2) is 11.6 Å². The highest BCUT2D eigenvalue weighted by molar-refractivity contribution is 7.98. The first-order valence-electron chi connectivity index (χ1n) is 6.77. The number of halogens is 1. The van der Waals surface area contributed by atoms with Crippen LogP contribution in [0.5, 0.6) is 5.75 Å². The van der Waals surface area contributed by atoms with Crippen LogP contribution < -0.4 is 4.74 Å². The second-order valence-corrected chi connectivity index (χ2v) is 5.74. The summed E-state index contributed by atoms with van der Waals surface area (Å²) in [7, 11) is 3.12. The predicted octanol–water partition coefficient (Wildman–Crippen LogP) is 3.83. The summed E-state index contributed by atoms with van der Waals surface area (Å²) < 4.78 is 18.6. The van der Waals surface area contributed by atoms with Crippen molar-refractivity contribution < 1.29 is 13.9 Å². The van der Waals surface area contributed by atoms with Crippen molar-refractivity contribution in [1.29, 1.82) is 0 Å². The Bertz CT molecular complexity index is 658. The molecule has 0 saturated carbocycles. The number of hydrogen-bond acceptors (Lipinski definition) is 3. The Labute approximate surface area is 134 Å². The highest BCUT2D eigenvalue weighted by atomic mass is 32.2. The molecule has 0 N–H and O–H groups in total. The SMILES string of the molecule is COc1ccc(CN(C)C(=O)c2ccc(SC)cc2)cc1F. The maximum absolute atomic E-state index is 13.7. The van der Waals surface area contributed by atoms with Gasteiger partial charge in [0.25, 0.3) is 5.91 Å². The largest absolute Gasteiger partial charge is 0.494 e. The number of nitrogens with zero attached hydrogens (tertiary/aromatic N) is 1. The van der Waals surface area contributed by atoms with Crippen LogP contribution in [-0.2, 0) is 6.54 Å². The summed E-state index contributed by atoms with van der Waals surface area (Å²) in [6, 6.07) is 12.1. The van der Waals surface area contributed by atoms with Crippen molar-refractivity contribution in [3.63, 3.8) is 0 Å². The minimum absolute atomic E-state index is 0.0936. The summed E-state index contributed by atoms with van der Waals surface area (Å²) in [5, 5.41) is 0. The van der Waals surface area contributed by atoms with Crippen molar-refractivity contribution in [3.8, 4) is 5.75 Å². The van der Waals surface area contributed by atoms with Gasteiger partial charge in [-0.15, -0.1) is 11.8 Å². The molecule has 0 fully saturated rings. The lowest BCUT2D eigenvalue weighted by atomic mass is 10.1. The Morgan fingerprint density at radius 1 is 1.23 bits per heavy atom.